The van der Waals surface area contributed by atoms with Crippen LogP contribution in [0.25, 0.3) is 0 Å². The summed E-state index contributed by atoms with van der Waals surface area (Å²) in [4.78, 5) is 30.7. The molecular weight excluding hydrogens is 290 g/mol. The minimum absolute atomic E-state index is 0.0350. The van der Waals surface area contributed by atoms with E-state index in [1.165, 1.54) is 23.6 Å². The van der Waals surface area contributed by atoms with Crippen molar-refractivity contribution in [1.29, 1.82) is 0 Å². The molecular formula is C11H8ClN3O3S. The van der Waals surface area contributed by atoms with Crippen molar-refractivity contribution in [3.63, 3.8) is 0 Å². The van der Waals surface area contributed by atoms with E-state index in [0.717, 1.165) is 0 Å². The Labute approximate surface area is 117 Å². The van der Waals surface area contributed by atoms with Gasteiger partial charge in [-0.3, -0.25) is 10.1 Å². The van der Waals surface area contributed by atoms with Crippen LogP contribution in [0.2, 0.25) is 5.15 Å². The third kappa shape index (κ3) is 3.73. The second-order valence-electron chi connectivity index (χ2n) is 3.30. The number of carbonyl (C=O) groups is 2. The Bertz CT molecular complexity index is 589. The van der Waals surface area contributed by atoms with Gasteiger partial charge in [-0.1, -0.05) is 11.6 Å². The van der Waals surface area contributed by atoms with Gasteiger partial charge in [-0.15, -0.1) is 11.3 Å². The standard InChI is InChI=1S/C11H8ClN3O3S/c12-9-7(2-1-3-13-9)10(17)18-6-8(16)15-11-14-4-5-19-11/h1-5H,6H2,(H,14,15,16). The lowest BCUT2D eigenvalue weighted by Crippen LogP contribution is -2.21. The Hall–Kier alpha value is -1.99. The highest BCUT2D eigenvalue weighted by molar-refractivity contribution is 7.13. The summed E-state index contributed by atoms with van der Waals surface area (Å²) in [5.74, 6) is -1.17. The normalized spacial score (nSPS) is 9.95. The van der Waals surface area contributed by atoms with E-state index in [2.05, 4.69) is 15.3 Å². The SMILES string of the molecule is O=C(COC(=O)c1cccnc1Cl)Nc1nccs1. The van der Waals surface area contributed by atoms with E-state index in [4.69, 9.17) is 16.3 Å². The molecule has 98 valence electrons. The van der Waals surface area contributed by atoms with Crippen LogP contribution in [0, 0.1) is 0 Å². The Morgan fingerprint density at radius 1 is 1.37 bits per heavy atom. The first-order valence-electron chi connectivity index (χ1n) is 5.14. The van der Waals surface area contributed by atoms with Crippen LogP contribution in [0.5, 0.6) is 0 Å². The van der Waals surface area contributed by atoms with Crippen LogP contribution in [-0.2, 0) is 9.53 Å². The van der Waals surface area contributed by atoms with Crippen molar-refractivity contribution in [2.75, 3.05) is 11.9 Å². The van der Waals surface area contributed by atoms with Crippen molar-refractivity contribution < 1.29 is 14.3 Å². The van der Waals surface area contributed by atoms with E-state index in [9.17, 15) is 9.59 Å². The number of aromatic nitrogens is 2. The van der Waals surface area contributed by atoms with Crippen molar-refractivity contribution >= 4 is 39.9 Å². The number of ether oxygens (including phenoxy) is 1. The second-order valence-corrected chi connectivity index (χ2v) is 4.56. The molecule has 8 heteroatoms. The number of halogens is 1. The molecule has 0 unspecified atom stereocenters. The van der Waals surface area contributed by atoms with Gasteiger partial charge in [0, 0.05) is 17.8 Å². The first-order valence-corrected chi connectivity index (χ1v) is 6.39. The Kier molecular flexibility index (Phi) is 4.43. The number of thiazole rings is 1. The number of carbonyl (C=O) groups excluding carboxylic acids is 2. The molecule has 0 fully saturated rings. The molecule has 0 radical (unpaired) electrons. The molecule has 1 N–H and O–H groups in total. The molecule has 0 aliphatic heterocycles. The predicted octanol–water partition coefficient (Wildman–Crippen LogP) is 1.99. The zero-order chi connectivity index (χ0) is 13.7. The van der Waals surface area contributed by atoms with Crippen molar-refractivity contribution in [3.05, 3.63) is 40.6 Å². The highest BCUT2D eigenvalue weighted by Crippen LogP contribution is 2.13. The number of anilines is 1. The highest BCUT2D eigenvalue weighted by atomic mass is 35.5. The van der Waals surface area contributed by atoms with Crippen molar-refractivity contribution in [1.82, 2.24) is 9.97 Å². The summed E-state index contributed by atoms with van der Waals surface area (Å²) < 4.78 is 4.82. The zero-order valence-corrected chi connectivity index (χ0v) is 11.1. The number of nitrogens with one attached hydrogen (secondary N) is 1. The molecule has 0 aliphatic carbocycles. The fourth-order valence-corrected chi connectivity index (χ4v) is 1.93. The Balaban J connectivity index is 1.87. The fraction of sp³-hybridized carbons (Fsp3) is 0.0909. The summed E-state index contributed by atoms with van der Waals surface area (Å²) in [6, 6.07) is 3.02. The maximum absolute atomic E-state index is 11.6. The predicted molar refractivity (Wildman–Crippen MR) is 70.3 cm³/mol. The number of hydrogen-bond acceptors (Lipinski definition) is 6. The topological polar surface area (TPSA) is 81.2 Å². The molecule has 2 heterocycles. The van der Waals surface area contributed by atoms with Crippen molar-refractivity contribution in [2.24, 2.45) is 0 Å². The van der Waals surface area contributed by atoms with Crippen LogP contribution in [0.15, 0.2) is 29.9 Å². The van der Waals surface area contributed by atoms with E-state index < -0.39 is 18.5 Å². The minimum atomic E-state index is -0.701. The summed E-state index contributed by atoms with van der Waals surface area (Å²) in [7, 11) is 0. The average Bonchev–Trinajstić information content (AvgIpc) is 2.89. The van der Waals surface area contributed by atoms with Gasteiger partial charge in [-0.2, -0.15) is 0 Å². The summed E-state index contributed by atoms with van der Waals surface area (Å²) in [5.41, 5.74) is 0.117. The lowest BCUT2D eigenvalue weighted by molar-refractivity contribution is -0.119. The first kappa shape index (κ1) is 13.4. The smallest absolute Gasteiger partial charge is 0.341 e. The first-order chi connectivity index (χ1) is 9.16. The zero-order valence-electron chi connectivity index (χ0n) is 9.50. The summed E-state index contributed by atoms with van der Waals surface area (Å²) in [5, 5.41) is 4.69. The van der Waals surface area contributed by atoms with Gasteiger partial charge in [-0.05, 0) is 12.1 Å². The van der Waals surface area contributed by atoms with E-state index in [1.54, 1.807) is 17.6 Å². The number of nitrogens with zero attached hydrogens (tertiary/aromatic N) is 2. The highest BCUT2D eigenvalue weighted by Gasteiger charge is 2.14. The van der Waals surface area contributed by atoms with Gasteiger partial charge in [-0.25, -0.2) is 14.8 Å². The molecule has 0 atom stereocenters. The minimum Gasteiger partial charge on any atom is -0.452 e. The van der Waals surface area contributed by atoms with Crippen LogP contribution in [-0.4, -0.2) is 28.5 Å². The molecule has 2 rings (SSSR count). The Morgan fingerprint density at radius 2 is 2.21 bits per heavy atom. The molecule has 2 aromatic heterocycles. The molecule has 2 aromatic rings. The monoisotopic (exact) mass is 297 g/mol. The van der Waals surface area contributed by atoms with Crippen molar-refractivity contribution in [2.45, 2.75) is 0 Å². The quantitative estimate of drug-likeness (QED) is 0.689. The summed E-state index contributed by atoms with van der Waals surface area (Å²) >= 11 is 7.00. The molecule has 0 aliphatic rings. The average molecular weight is 298 g/mol. The van der Waals surface area contributed by atoms with Gasteiger partial charge in [0.2, 0.25) is 0 Å². The van der Waals surface area contributed by atoms with Crippen molar-refractivity contribution in [3.8, 4) is 0 Å². The lowest BCUT2D eigenvalue weighted by atomic mass is 10.3. The Morgan fingerprint density at radius 3 is 2.89 bits per heavy atom. The number of rotatable bonds is 4. The largest absolute Gasteiger partial charge is 0.452 e. The molecule has 0 spiro atoms. The van der Waals surface area contributed by atoms with Crippen LogP contribution in [0.3, 0.4) is 0 Å². The third-order valence-electron chi connectivity index (χ3n) is 1.99. The van der Waals surface area contributed by atoms with E-state index >= 15 is 0 Å². The maximum Gasteiger partial charge on any atom is 0.341 e. The molecule has 6 nitrogen and oxygen atoms in total. The van der Waals surface area contributed by atoms with E-state index in [1.807, 2.05) is 0 Å². The molecule has 19 heavy (non-hydrogen) atoms. The van der Waals surface area contributed by atoms with E-state index in [-0.39, 0.29) is 10.7 Å². The van der Waals surface area contributed by atoms with Crippen LogP contribution >= 0.6 is 22.9 Å². The molecule has 0 bridgehead atoms. The van der Waals surface area contributed by atoms with Gasteiger partial charge in [0.05, 0.1) is 5.56 Å². The number of esters is 1. The van der Waals surface area contributed by atoms with Gasteiger partial charge < -0.3 is 4.74 Å². The fourth-order valence-electron chi connectivity index (χ4n) is 1.19. The van der Waals surface area contributed by atoms with Crippen LogP contribution in [0.4, 0.5) is 5.13 Å². The van der Waals surface area contributed by atoms with Gasteiger partial charge in [0.15, 0.2) is 11.7 Å². The maximum atomic E-state index is 11.6. The third-order valence-corrected chi connectivity index (χ3v) is 2.98. The number of amides is 1. The number of pyridine rings is 1. The molecule has 0 saturated carbocycles. The lowest BCUT2D eigenvalue weighted by Gasteiger charge is -2.05. The summed E-state index contributed by atoms with van der Waals surface area (Å²) in [6.45, 7) is -0.413. The van der Waals surface area contributed by atoms with Crippen LogP contribution < -0.4 is 5.32 Å². The molecule has 0 saturated heterocycles. The molecule has 1 amide bonds. The number of hydrogen-bond donors (Lipinski definition) is 1. The second kappa shape index (κ2) is 6.26. The van der Waals surface area contributed by atoms with E-state index in [0.29, 0.717) is 5.13 Å². The summed E-state index contributed by atoms with van der Waals surface area (Å²) in [6.07, 6.45) is 3.01. The van der Waals surface area contributed by atoms with Gasteiger partial charge in [0.25, 0.3) is 5.91 Å². The van der Waals surface area contributed by atoms with Gasteiger partial charge >= 0.3 is 5.97 Å². The van der Waals surface area contributed by atoms with Gasteiger partial charge in [0.1, 0.15) is 5.15 Å². The molecule has 0 aromatic carbocycles. The van der Waals surface area contributed by atoms with Crippen LogP contribution in [0.1, 0.15) is 10.4 Å².